The Balaban J connectivity index is 1.78. The smallest absolute Gasteiger partial charge is 0.358 e. The van der Waals surface area contributed by atoms with Gasteiger partial charge in [0.25, 0.3) is 0 Å². The van der Waals surface area contributed by atoms with Gasteiger partial charge in [0.1, 0.15) is 6.10 Å². The van der Waals surface area contributed by atoms with Crippen molar-refractivity contribution in [1.82, 2.24) is 9.97 Å². The van der Waals surface area contributed by atoms with Gasteiger partial charge in [0.2, 0.25) is 0 Å². The van der Waals surface area contributed by atoms with Gasteiger partial charge < -0.3 is 4.74 Å². The fraction of sp³-hybridized carbons (Fsp3) is 0.667. The number of esters is 1. The van der Waals surface area contributed by atoms with Crippen LogP contribution in [0.2, 0.25) is 0 Å². The highest BCUT2D eigenvalue weighted by atomic mass is 16.5. The van der Waals surface area contributed by atoms with Crippen molar-refractivity contribution in [2.45, 2.75) is 46.1 Å². The van der Waals surface area contributed by atoms with Crippen molar-refractivity contribution in [2.24, 2.45) is 16.7 Å². The normalized spacial score (nSPS) is 35.3. The van der Waals surface area contributed by atoms with Crippen LogP contribution in [-0.4, -0.2) is 22.0 Å². The van der Waals surface area contributed by atoms with Gasteiger partial charge in [0.15, 0.2) is 5.69 Å². The molecule has 4 heteroatoms. The van der Waals surface area contributed by atoms with Gasteiger partial charge in [-0.25, -0.2) is 9.78 Å². The van der Waals surface area contributed by atoms with E-state index in [4.69, 9.17) is 4.74 Å². The number of hydrogen-bond acceptors (Lipinski definition) is 4. The van der Waals surface area contributed by atoms with E-state index in [2.05, 4.69) is 30.7 Å². The maximum Gasteiger partial charge on any atom is 0.358 e. The van der Waals surface area contributed by atoms with Crippen molar-refractivity contribution in [2.75, 3.05) is 0 Å². The SMILES string of the molecule is CC1(C)C2CCC1(C)C(OC(=O)c1cnccn1)C2. The Morgan fingerprint density at radius 2 is 2.16 bits per heavy atom. The standard InChI is InChI=1S/C15H20N2O2/c1-14(2)10-4-5-15(14,3)12(8-10)19-13(18)11-9-16-6-7-17-11/h6-7,9-10,12H,4-5,8H2,1-3H3. The highest BCUT2D eigenvalue weighted by molar-refractivity contribution is 5.86. The van der Waals surface area contributed by atoms with Crippen LogP contribution in [0.15, 0.2) is 18.6 Å². The van der Waals surface area contributed by atoms with Crippen LogP contribution in [0.5, 0.6) is 0 Å². The first-order chi connectivity index (χ1) is 8.95. The quantitative estimate of drug-likeness (QED) is 0.767. The lowest BCUT2D eigenvalue weighted by molar-refractivity contribution is -0.0247. The molecule has 0 aromatic carbocycles. The van der Waals surface area contributed by atoms with Crippen LogP contribution < -0.4 is 0 Å². The lowest BCUT2D eigenvalue weighted by Crippen LogP contribution is -2.38. The molecule has 4 nitrogen and oxygen atoms in total. The monoisotopic (exact) mass is 260 g/mol. The summed E-state index contributed by atoms with van der Waals surface area (Å²) in [6.45, 7) is 6.87. The van der Waals surface area contributed by atoms with E-state index in [-0.39, 0.29) is 22.9 Å². The van der Waals surface area contributed by atoms with Crippen LogP contribution >= 0.6 is 0 Å². The van der Waals surface area contributed by atoms with E-state index in [0.717, 1.165) is 12.8 Å². The number of carbonyl (C=O) groups is 1. The third-order valence-corrected chi connectivity index (χ3v) is 5.74. The molecule has 2 fully saturated rings. The minimum atomic E-state index is -0.345. The molecular formula is C15H20N2O2. The molecule has 1 aromatic heterocycles. The van der Waals surface area contributed by atoms with Crippen molar-refractivity contribution in [3.8, 4) is 0 Å². The lowest BCUT2D eigenvalue weighted by atomic mass is 9.70. The second-order valence-electron chi connectivity index (χ2n) is 6.60. The van der Waals surface area contributed by atoms with Crippen LogP contribution in [0.4, 0.5) is 0 Å². The largest absolute Gasteiger partial charge is 0.457 e. The summed E-state index contributed by atoms with van der Waals surface area (Å²) in [5, 5.41) is 0. The van der Waals surface area contributed by atoms with E-state index in [1.54, 1.807) is 6.20 Å². The average molecular weight is 260 g/mol. The van der Waals surface area contributed by atoms with Gasteiger partial charge in [0, 0.05) is 17.8 Å². The van der Waals surface area contributed by atoms with Crippen LogP contribution in [0, 0.1) is 16.7 Å². The number of ether oxygens (including phenoxy) is 1. The van der Waals surface area contributed by atoms with Crippen molar-refractivity contribution in [3.63, 3.8) is 0 Å². The minimum absolute atomic E-state index is 0.00996. The van der Waals surface area contributed by atoms with Crippen LogP contribution in [0.25, 0.3) is 0 Å². The molecule has 0 amide bonds. The fourth-order valence-corrected chi connectivity index (χ4v) is 3.90. The molecule has 3 unspecified atom stereocenters. The zero-order valence-corrected chi connectivity index (χ0v) is 11.7. The molecule has 0 radical (unpaired) electrons. The molecule has 102 valence electrons. The van der Waals surface area contributed by atoms with Crippen LogP contribution in [0.3, 0.4) is 0 Å². The molecule has 3 rings (SSSR count). The summed E-state index contributed by atoms with van der Waals surface area (Å²) in [7, 11) is 0. The fourth-order valence-electron chi connectivity index (χ4n) is 3.90. The molecule has 0 aliphatic heterocycles. The van der Waals surface area contributed by atoms with E-state index >= 15 is 0 Å². The van der Waals surface area contributed by atoms with E-state index in [1.807, 2.05) is 0 Å². The molecule has 0 spiro atoms. The van der Waals surface area contributed by atoms with Gasteiger partial charge >= 0.3 is 5.97 Å². The van der Waals surface area contributed by atoms with Crippen molar-refractivity contribution in [3.05, 3.63) is 24.3 Å². The number of fused-ring (bicyclic) bond motifs is 2. The highest BCUT2D eigenvalue weighted by Gasteiger charge is 2.62. The van der Waals surface area contributed by atoms with Gasteiger partial charge in [-0.2, -0.15) is 0 Å². The summed E-state index contributed by atoms with van der Waals surface area (Å²) in [5.74, 6) is 0.319. The zero-order valence-electron chi connectivity index (χ0n) is 11.7. The molecule has 0 N–H and O–H groups in total. The summed E-state index contributed by atoms with van der Waals surface area (Å²) >= 11 is 0. The predicted octanol–water partition coefficient (Wildman–Crippen LogP) is 2.85. The first kappa shape index (κ1) is 12.6. The molecular weight excluding hydrogens is 240 g/mol. The Kier molecular flexibility index (Phi) is 2.66. The first-order valence-corrected chi connectivity index (χ1v) is 6.92. The number of hydrogen-bond donors (Lipinski definition) is 0. The Hall–Kier alpha value is -1.45. The van der Waals surface area contributed by atoms with Gasteiger partial charge in [-0.1, -0.05) is 20.8 Å². The summed E-state index contributed by atoms with van der Waals surface area (Å²) < 4.78 is 5.73. The summed E-state index contributed by atoms with van der Waals surface area (Å²) in [5.41, 5.74) is 0.641. The number of carbonyl (C=O) groups excluding carboxylic acids is 1. The molecule has 2 bridgehead atoms. The maximum atomic E-state index is 12.1. The van der Waals surface area contributed by atoms with E-state index in [1.165, 1.54) is 18.8 Å². The average Bonchev–Trinajstić information content (AvgIpc) is 2.73. The molecule has 2 aliphatic carbocycles. The molecule has 19 heavy (non-hydrogen) atoms. The number of aromatic nitrogens is 2. The third kappa shape index (κ3) is 1.69. The van der Waals surface area contributed by atoms with Crippen molar-refractivity contribution < 1.29 is 9.53 Å². The minimum Gasteiger partial charge on any atom is -0.457 e. The Morgan fingerprint density at radius 1 is 1.37 bits per heavy atom. The predicted molar refractivity (Wildman–Crippen MR) is 70.5 cm³/mol. The molecule has 1 heterocycles. The topological polar surface area (TPSA) is 52.1 Å². The van der Waals surface area contributed by atoms with E-state index in [9.17, 15) is 4.79 Å². The number of nitrogens with zero attached hydrogens (tertiary/aromatic N) is 2. The Labute approximate surface area is 113 Å². The second kappa shape index (κ2) is 4.02. The van der Waals surface area contributed by atoms with Gasteiger partial charge in [-0.15, -0.1) is 0 Å². The van der Waals surface area contributed by atoms with Gasteiger partial charge in [0.05, 0.1) is 6.20 Å². The molecule has 1 aromatic rings. The molecule has 3 atom stereocenters. The lowest BCUT2D eigenvalue weighted by Gasteiger charge is -2.38. The third-order valence-electron chi connectivity index (χ3n) is 5.74. The molecule has 2 aliphatic rings. The molecule has 0 saturated heterocycles. The van der Waals surface area contributed by atoms with E-state index in [0.29, 0.717) is 11.6 Å². The Morgan fingerprint density at radius 3 is 2.68 bits per heavy atom. The maximum absolute atomic E-state index is 12.1. The summed E-state index contributed by atoms with van der Waals surface area (Å²) in [6.07, 6.45) is 7.92. The van der Waals surface area contributed by atoms with Crippen molar-refractivity contribution >= 4 is 5.97 Å². The second-order valence-corrected chi connectivity index (χ2v) is 6.60. The van der Waals surface area contributed by atoms with Crippen molar-refractivity contribution in [1.29, 1.82) is 0 Å². The van der Waals surface area contributed by atoms with Crippen LogP contribution in [0.1, 0.15) is 50.5 Å². The van der Waals surface area contributed by atoms with Gasteiger partial charge in [-0.3, -0.25) is 4.98 Å². The summed E-state index contributed by atoms with van der Waals surface area (Å²) in [6, 6.07) is 0. The Bertz CT molecular complexity index is 500. The van der Waals surface area contributed by atoms with E-state index < -0.39 is 0 Å². The van der Waals surface area contributed by atoms with Gasteiger partial charge in [-0.05, 0) is 30.6 Å². The zero-order chi connectivity index (χ0) is 13.7. The first-order valence-electron chi connectivity index (χ1n) is 6.92. The molecule has 2 saturated carbocycles. The number of rotatable bonds is 2. The summed E-state index contributed by atoms with van der Waals surface area (Å²) in [4.78, 5) is 20.0. The highest BCUT2D eigenvalue weighted by Crippen LogP contribution is 2.66. The van der Waals surface area contributed by atoms with Crippen LogP contribution in [-0.2, 0) is 4.74 Å².